The van der Waals surface area contributed by atoms with Crippen molar-refractivity contribution in [3.63, 3.8) is 0 Å². The van der Waals surface area contributed by atoms with Crippen molar-refractivity contribution in [2.24, 2.45) is 0 Å². The zero-order valence-electron chi connectivity index (χ0n) is 10.3. The summed E-state index contributed by atoms with van der Waals surface area (Å²) < 4.78 is 0. The summed E-state index contributed by atoms with van der Waals surface area (Å²) in [5.41, 5.74) is 4.44. The second-order valence-electron chi connectivity index (χ2n) is 4.31. The molecule has 0 aliphatic heterocycles. The van der Waals surface area contributed by atoms with Crippen LogP contribution in [0.5, 0.6) is 0 Å². The van der Waals surface area contributed by atoms with E-state index in [2.05, 4.69) is 47.9 Å². The van der Waals surface area contributed by atoms with Gasteiger partial charge in [0.2, 0.25) is 0 Å². The fourth-order valence-electron chi connectivity index (χ4n) is 2.11. The van der Waals surface area contributed by atoms with Crippen molar-refractivity contribution < 1.29 is 0 Å². The molecule has 0 bridgehead atoms. The molecule has 3 aromatic rings. The number of benzene rings is 2. The smallest absolute Gasteiger partial charge is 0.0780 e. The number of hydrogen-bond donors (Lipinski definition) is 1. The summed E-state index contributed by atoms with van der Waals surface area (Å²) in [5.74, 6) is 0. The van der Waals surface area contributed by atoms with Crippen molar-refractivity contribution in [3.05, 3.63) is 72.9 Å². The van der Waals surface area contributed by atoms with Crippen LogP contribution < -0.4 is 0 Å². The monoisotopic (exact) mass is 263 g/mol. The zero-order valence-corrected chi connectivity index (χ0v) is 11.2. The molecule has 0 radical (unpaired) electrons. The molecule has 2 aromatic carbocycles. The maximum atomic E-state index is 4.53. The highest BCUT2D eigenvalue weighted by Crippen LogP contribution is 2.30. The minimum atomic E-state index is 0.967. The van der Waals surface area contributed by atoms with Gasteiger partial charge in [-0.2, -0.15) is 0 Å². The van der Waals surface area contributed by atoms with Crippen LogP contribution in [-0.4, -0.2) is 4.98 Å². The molecule has 0 aliphatic rings. The molecule has 1 nitrogen and oxygen atoms in total. The van der Waals surface area contributed by atoms with Crippen molar-refractivity contribution in [1.82, 2.24) is 4.98 Å². The maximum Gasteiger partial charge on any atom is 0.0780 e. The molecule has 2 heteroatoms. The first-order valence-electron chi connectivity index (χ1n) is 6.14. The molecule has 92 valence electrons. The molecule has 0 fully saturated rings. The summed E-state index contributed by atoms with van der Waals surface area (Å²) in [7, 11) is 0. The predicted molar refractivity (Wildman–Crippen MR) is 82.4 cm³/mol. The lowest BCUT2D eigenvalue weighted by Crippen LogP contribution is -1.88. The Morgan fingerprint density at radius 1 is 0.684 bits per heavy atom. The van der Waals surface area contributed by atoms with E-state index in [1.165, 1.54) is 0 Å². The standard InChI is InChI=1S/C17H13NS/c19-15-10-8-13(9-11-15)16-7-4-12-18-17(16)14-5-2-1-3-6-14/h1-12,19H. The summed E-state index contributed by atoms with van der Waals surface area (Å²) in [6.07, 6.45) is 1.83. The van der Waals surface area contributed by atoms with Gasteiger partial charge in [-0.15, -0.1) is 12.6 Å². The highest BCUT2D eigenvalue weighted by Gasteiger charge is 2.07. The Bertz CT molecular complexity index is 675. The molecule has 0 saturated heterocycles. The van der Waals surface area contributed by atoms with E-state index in [0.29, 0.717) is 0 Å². The van der Waals surface area contributed by atoms with E-state index in [0.717, 1.165) is 27.3 Å². The van der Waals surface area contributed by atoms with Gasteiger partial charge in [-0.25, -0.2) is 0 Å². The van der Waals surface area contributed by atoms with Crippen molar-refractivity contribution in [3.8, 4) is 22.4 Å². The molecule has 1 heterocycles. The summed E-state index contributed by atoms with van der Waals surface area (Å²) in [6, 6.07) is 22.5. The van der Waals surface area contributed by atoms with Gasteiger partial charge in [0.05, 0.1) is 5.69 Å². The Balaban J connectivity index is 2.15. The average Bonchev–Trinajstić information content (AvgIpc) is 2.49. The van der Waals surface area contributed by atoms with E-state index < -0.39 is 0 Å². The van der Waals surface area contributed by atoms with Crippen molar-refractivity contribution in [1.29, 1.82) is 0 Å². The van der Waals surface area contributed by atoms with E-state index in [1.54, 1.807) is 0 Å². The fraction of sp³-hybridized carbons (Fsp3) is 0. The Morgan fingerprint density at radius 2 is 1.42 bits per heavy atom. The number of aromatic nitrogens is 1. The van der Waals surface area contributed by atoms with E-state index in [1.807, 2.05) is 42.6 Å². The van der Waals surface area contributed by atoms with Crippen LogP contribution in [0.1, 0.15) is 0 Å². The first-order valence-corrected chi connectivity index (χ1v) is 6.59. The molecule has 0 spiro atoms. The number of hydrogen-bond acceptors (Lipinski definition) is 2. The minimum Gasteiger partial charge on any atom is -0.256 e. The van der Waals surface area contributed by atoms with Crippen molar-refractivity contribution in [2.45, 2.75) is 4.90 Å². The van der Waals surface area contributed by atoms with Crippen LogP contribution in [0.3, 0.4) is 0 Å². The zero-order chi connectivity index (χ0) is 13.1. The SMILES string of the molecule is Sc1ccc(-c2cccnc2-c2ccccc2)cc1. The van der Waals surface area contributed by atoms with Gasteiger partial charge in [0.15, 0.2) is 0 Å². The second-order valence-corrected chi connectivity index (χ2v) is 4.83. The number of pyridine rings is 1. The van der Waals surface area contributed by atoms with Crippen molar-refractivity contribution in [2.75, 3.05) is 0 Å². The number of rotatable bonds is 2. The summed E-state index contributed by atoms with van der Waals surface area (Å²) in [5, 5.41) is 0. The second kappa shape index (κ2) is 5.29. The molecule has 1 aromatic heterocycles. The van der Waals surface area contributed by atoms with Gasteiger partial charge in [-0.05, 0) is 23.8 Å². The molecular formula is C17H13NS. The Labute approximate surface area is 118 Å². The Kier molecular flexibility index (Phi) is 3.34. The first kappa shape index (κ1) is 12.0. The largest absolute Gasteiger partial charge is 0.256 e. The van der Waals surface area contributed by atoms with Crippen LogP contribution in [0, 0.1) is 0 Å². The lowest BCUT2D eigenvalue weighted by Gasteiger charge is -2.09. The van der Waals surface area contributed by atoms with E-state index >= 15 is 0 Å². The van der Waals surface area contributed by atoms with Crippen LogP contribution in [0.2, 0.25) is 0 Å². The molecular weight excluding hydrogens is 250 g/mol. The molecule has 19 heavy (non-hydrogen) atoms. The molecule has 0 atom stereocenters. The molecule has 0 amide bonds. The number of thiol groups is 1. The van der Waals surface area contributed by atoms with E-state index in [-0.39, 0.29) is 0 Å². The normalized spacial score (nSPS) is 10.4. The Hall–Kier alpha value is -2.06. The predicted octanol–water partition coefficient (Wildman–Crippen LogP) is 4.70. The summed E-state index contributed by atoms with van der Waals surface area (Å²) in [4.78, 5) is 5.50. The van der Waals surface area contributed by atoms with Crippen molar-refractivity contribution >= 4 is 12.6 Å². The molecule has 0 unspecified atom stereocenters. The van der Waals surface area contributed by atoms with Crippen LogP contribution in [0.4, 0.5) is 0 Å². The fourth-order valence-corrected chi connectivity index (χ4v) is 2.25. The van der Waals surface area contributed by atoms with Gasteiger partial charge >= 0.3 is 0 Å². The molecule has 3 rings (SSSR count). The van der Waals surface area contributed by atoms with Crippen LogP contribution in [-0.2, 0) is 0 Å². The van der Waals surface area contributed by atoms with Gasteiger partial charge in [-0.3, -0.25) is 4.98 Å². The van der Waals surface area contributed by atoms with Crippen LogP contribution in [0.25, 0.3) is 22.4 Å². The summed E-state index contributed by atoms with van der Waals surface area (Å²) in [6.45, 7) is 0. The highest BCUT2D eigenvalue weighted by molar-refractivity contribution is 7.80. The third kappa shape index (κ3) is 2.54. The minimum absolute atomic E-state index is 0.967. The molecule has 0 N–H and O–H groups in total. The maximum absolute atomic E-state index is 4.53. The van der Waals surface area contributed by atoms with Gasteiger partial charge in [0.1, 0.15) is 0 Å². The lowest BCUT2D eigenvalue weighted by atomic mass is 10.00. The van der Waals surface area contributed by atoms with Crippen LogP contribution in [0.15, 0.2) is 77.8 Å². The summed E-state index contributed by atoms with van der Waals surface area (Å²) >= 11 is 4.32. The van der Waals surface area contributed by atoms with Crippen LogP contribution >= 0.6 is 12.6 Å². The van der Waals surface area contributed by atoms with Gasteiger partial charge in [0.25, 0.3) is 0 Å². The third-order valence-corrected chi connectivity index (χ3v) is 3.33. The quantitative estimate of drug-likeness (QED) is 0.661. The van der Waals surface area contributed by atoms with E-state index in [4.69, 9.17) is 0 Å². The Morgan fingerprint density at radius 3 is 2.16 bits per heavy atom. The first-order chi connectivity index (χ1) is 9.34. The van der Waals surface area contributed by atoms with Gasteiger partial charge < -0.3 is 0 Å². The molecule has 0 aliphatic carbocycles. The topological polar surface area (TPSA) is 12.9 Å². The highest BCUT2D eigenvalue weighted by atomic mass is 32.1. The van der Waals surface area contributed by atoms with E-state index in [9.17, 15) is 0 Å². The average molecular weight is 263 g/mol. The molecule has 0 saturated carbocycles. The van der Waals surface area contributed by atoms with Gasteiger partial charge in [-0.1, -0.05) is 48.5 Å². The lowest BCUT2D eigenvalue weighted by molar-refractivity contribution is 1.32. The third-order valence-electron chi connectivity index (χ3n) is 3.03. The van der Waals surface area contributed by atoms with Gasteiger partial charge in [0, 0.05) is 22.2 Å². The number of nitrogens with zero attached hydrogens (tertiary/aromatic N) is 1.